The summed E-state index contributed by atoms with van der Waals surface area (Å²) >= 11 is 1.50. The average molecular weight is 243 g/mol. The highest BCUT2D eigenvalue weighted by Crippen LogP contribution is 2.25. The van der Waals surface area contributed by atoms with Crippen LogP contribution < -0.4 is 5.73 Å². The second kappa shape index (κ2) is 4.15. The summed E-state index contributed by atoms with van der Waals surface area (Å²) in [5, 5.41) is 9.79. The molecule has 2 N–H and O–H groups in total. The standard InChI is InChI=1S/C11H9N5S/c12-6-10-15-16-11(17-10)7-1-2-8-9(5-7)14-4-3-13-8/h1-5H,6,12H2. The molecule has 6 heteroatoms. The first-order valence-corrected chi connectivity index (χ1v) is 5.92. The SMILES string of the molecule is NCc1nnc(-c2ccc3nccnc3c2)s1. The van der Waals surface area contributed by atoms with Gasteiger partial charge in [0.1, 0.15) is 10.0 Å². The fraction of sp³-hybridized carbons (Fsp3) is 0.0909. The molecule has 0 radical (unpaired) electrons. The van der Waals surface area contributed by atoms with E-state index in [2.05, 4.69) is 20.2 Å². The summed E-state index contributed by atoms with van der Waals surface area (Å²) in [5.41, 5.74) is 8.24. The molecule has 0 atom stereocenters. The summed E-state index contributed by atoms with van der Waals surface area (Å²) in [6.07, 6.45) is 3.36. The average Bonchev–Trinajstić information content (AvgIpc) is 2.87. The molecule has 0 aliphatic rings. The lowest BCUT2D eigenvalue weighted by atomic mass is 10.2. The number of hydrogen-bond donors (Lipinski definition) is 1. The Morgan fingerprint density at radius 1 is 1.06 bits per heavy atom. The van der Waals surface area contributed by atoms with Crippen LogP contribution in [0.3, 0.4) is 0 Å². The van der Waals surface area contributed by atoms with Crippen molar-refractivity contribution in [2.45, 2.75) is 6.54 Å². The Balaban J connectivity index is 2.11. The van der Waals surface area contributed by atoms with Gasteiger partial charge in [0.2, 0.25) is 0 Å². The van der Waals surface area contributed by atoms with Gasteiger partial charge in [-0.15, -0.1) is 10.2 Å². The summed E-state index contributed by atoms with van der Waals surface area (Å²) in [6.45, 7) is 0.422. The Kier molecular flexibility index (Phi) is 2.50. The molecular formula is C11H9N5S. The van der Waals surface area contributed by atoms with Crippen molar-refractivity contribution in [3.63, 3.8) is 0 Å². The van der Waals surface area contributed by atoms with Crippen molar-refractivity contribution in [3.8, 4) is 10.6 Å². The first-order valence-electron chi connectivity index (χ1n) is 5.10. The molecular weight excluding hydrogens is 234 g/mol. The smallest absolute Gasteiger partial charge is 0.147 e. The molecule has 1 aromatic carbocycles. The molecule has 0 fully saturated rings. The van der Waals surface area contributed by atoms with Gasteiger partial charge in [-0.1, -0.05) is 11.3 Å². The van der Waals surface area contributed by atoms with E-state index in [9.17, 15) is 0 Å². The highest BCUT2D eigenvalue weighted by atomic mass is 32.1. The predicted octanol–water partition coefficient (Wildman–Crippen LogP) is 1.61. The Bertz CT molecular complexity index is 664. The largest absolute Gasteiger partial charge is 0.324 e. The third kappa shape index (κ3) is 1.88. The number of nitrogens with zero attached hydrogens (tertiary/aromatic N) is 4. The maximum absolute atomic E-state index is 5.52. The van der Waals surface area contributed by atoms with Crippen LogP contribution in [-0.4, -0.2) is 20.2 Å². The van der Waals surface area contributed by atoms with E-state index in [0.717, 1.165) is 26.6 Å². The minimum atomic E-state index is 0.422. The molecule has 0 unspecified atom stereocenters. The maximum Gasteiger partial charge on any atom is 0.147 e. The third-order valence-electron chi connectivity index (χ3n) is 2.36. The topological polar surface area (TPSA) is 77.6 Å². The van der Waals surface area contributed by atoms with Gasteiger partial charge < -0.3 is 5.73 Å². The summed E-state index contributed by atoms with van der Waals surface area (Å²) in [6, 6.07) is 5.86. The van der Waals surface area contributed by atoms with Gasteiger partial charge >= 0.3 is 0 Å². The van der Waals surface area contributed by atoms with Crippen LogP contribution in [0, 0.1) is 0 Å². The lowest BCUT2D eigenvalue weighted by molar-refractivity contribution is 0.960. The number of fused-ring (bicyclic) bond motifs is 1. The van der Waals surface area contributed by atoms with Gasteiger partial charge in [-0.3, -0.25) is 9.97 Å². The minimum Gasteiger partial charge on any atom is -0.324 e. The van der Waals surface area contributed by atoms with E-state index in [1.54, 1.807) is 12.4 Å². The van der Waals surface area contributed by atoms with Crippen LogP contribution in [0.5, 0.6) is 0 Å². The van der Waals surface area contributed by atoms with Crippen molar-refractivity contribution < 1.29 is 0 Å². The molecule has 0 saturated heterocycles. The Labute approximate surface area is 101 Å². The fourth-order valence-corrected chi connectivity index (χ4v) is 2.26. The molecule has 0 aliphatic carbocycles. The zero-order valence-corrected chi connectivity index (χ0v) is 9.68. The summed E-state index contributed by atoms with van der Waals surface area (Å²) in [7, 11) is 0. The predicted molar refractivity (Wildman–Crippen MR) is 66.3 cm³/mol. The monoisotopic (exact) mass is 243 g/mol. The molecule has 0 saturated carbocycles. The van der Waals surface area contributed by atoms with Crippen LogP contribution in [0.2, 0.25) is 0 Å². The molecule has 0 aliphatic heterocycles. The quantitative estimate of drug-likeness (QED) is 0.739. The van der Waals surface area contributed by atoms with Gasteiger partial charge in [0, 0.05) is 24.5 Å². The first kappa shape index (κ1) is 10.2. The van der Waals surface area contributed by atoms with Crippen molar-refractivity contribution in [1.82, 2.24) is 20.2 Å². The highest BCUT2D eigenvalue weighted by Gasteiger charge is 2.06. The number of nitrogens with two attached hydrogens (primary N) is 1. The molecule has 0 amide bonds. The molecule has 0 spiro atoms. The number of hydrogen-bond acceptors (Lipinski definition) is 6. The van der Waals surface area contributed by atoms with E-state index in [4.69, 9.17) is 5.73 Å². The van der Waals surface area contributed by atoms with Crippen molar-refractivity contribution in [2.75, 3.05) is 0 Å². The number of benzene rings is 1. The summed E-state index contributed by atoms with van der Waals surface area (Å²) in [5.74, 6) is 0. The molecule has 84 valence electrons. The number of rotatable bonds is 2. The van der Waals surface area contributed by atoms with Crippen molar-refractivity contribution in [1.29, 1.82) is 0 Å². The lowest BCUT2D eigenvalue weighted by Gasteiger charge is -1.98. The zero-order valence-electron chi connectivity index (χ0n) is 8.87. The van der Waals surface area contributed by atoms with Gasteiger partial charge in [0.25, 0.3) is 0 Å². The van der Waals surface area contributed by atoms with E-state index in [0.29, 0.717) is 6.54 Å². The lowest BCUT2D eigenvalue weighted by Crippen LogP contribution is -1.94. The molecule has 17 heavy (non-hydrogen) atoms. The van der Waals surface area contributed by atoms with E-state index < -0.39 is 0 Å². The van der Waals surface area contributed by atoms with Crippen LogP contribution in [0.25, 0.3) is 21.6 Å². The van der Waals surface area contributed by atoms with Gasteiger partial charge in [0.05, 0.1) is 11.0 Å². The van der Waals surface area contributed by atoms with Crippen LogP contribution in [0.1, 0.15) is 5.01 Å². The van der Waals surface area contributed by atoms with E-state index in [-0.39, 0.29) is 0 Å². The highest BCUT2D eigenvalue weighted by molar-refractivity contribution is 7.14. The van der Waals surface area contributed by atoms with Gasteiger partial charge in [0.15, 0.2) is 0 Å². The fourth-order valence-electron chi connectivity index (χ4n) is 1.55. The number of aromatic nitrogens is 4. The van der Waals surface area contributed by atoms with Crippen LogP contribution in [0.15, 0.2) is 30.6 Å². The van der Waals surface area contributed by atoms with E-state index in [1.807, 2.05) is 18.2 Å². The van der Waals surface area contributed by atoms with Gasteiger partial charge in [-0.05, 0) is 18.2 Å². The molecule has 0 bridgehead atoms. The van der Waals surface area contributed by atoms with E-state index >= 15 is 0 Å². The molecule has 5 nitrogen and oxygen atoms in total. The van der Waals surface area contributed by atoms with Crippen LogP contribution >= 0.6 is 11.3 Å². The molecule has 2 heterocycles. The van der Waals surface area contributed by atoms with Crippen LogP contribution in [-0.2, 0) is 6.54 Å². The molecule has 3 aromatic rings. The normalized spacial score (nSPS) is 10.9. The molecule has 2 aromatic heterocycles. The Morgan fingerprint density at radius 2 is 1.88 bits per heavy atom. The van der Waals surface area contributed by atoms with E-state index in [1.165, 1.54) is 11.3 Å². The second-order valence-corrected chi connectivity index (χ2v) is 4.53. The Hall–Kier alpha value is -1.92. The third-order valence-corrected chi connectivity index (χ3v) is 3.35. The summed E-state index contributed by atoms with van der Waals surface area (Å²) < 4.78 is 0. The maximum atomic E-state index is 5.52. The summed E-state index contributed by atoms with van der Waals surface area (Å²) in [4.78, 5) is 8.49. The van der Waals surface area contributed by atoms with Gasteiger partial charge in [-0.25, -0.2) is 0 Å². The van der Waals surface area contributed by atoms with Gasteiger partial charge in [-0.2, -0.15) is 0 Å². The van der Waals surface area contributed by atoms with Crippen molar-refractivity contribution >= 4 is 22.4 Å². The molecule has 3 rings (SSSR count). The van der Waals surface area contributed by atoms with Crippen LogP contribution in [0.4, 0.5) is 0 Å². The second-order valence-electron chi connectivity index (χ2n) is 3.46. The minimum absolute atomic E-state index is 0.422. The first-order chi connectivity index (χ1) is 8.36. The Morgan fingerprint density at radius 3 is 2.65 bits per heavy atom. The van der Waals surface area contributed by atoms with Crippen molar-refractivity contribution in [2.24, 2.45) is 5.73 Å². The van der Waals surface area contributed by atoms with Crippen molar-refractivity contribution in [3.05, 3.63) is 35.6 Å². The zero-order chi connectivity index (χ0) is 11.7.